The molecule has 0 saturated heterocycles. The quantitative estimate of drug-likeness (QED) is 0.480. The molecule has 0 heterocycles. The SMILES string of the molecule is C=C(C)C(N)=O.C=CCN.Cl. The molecule has 0 spiro atoms. The lowest BCUT2D eigenvalue weighted by atomic mass is 10.3. The molecule has 4 N–H and O–H groups in total. The van der Waals surface area contributed by atoms with Gasteiger partial charge in [0.2, 0.25) is 5.91 Å². The van der Waals surface area contributed by atoms with Crippen LogP contribution in [0.2, 0.25) is 0 Å². The van der Waals surface area contributed by atoms with Gasteiger partial charge in [-0.15, -0.1) is 19.0 Å². The highest BCUT2D eigenvalue weighted by atomic mass is 35.5. The molecule has 0 bridgehead atoms. The second-order valence-corrected chi connectivity index (χ2v) is 1.67. The summed E-state index contributed by atoms with van der Waals surface area (Å²) in [4.78, 5) is 9.82. The van der Waals surface area contributed by atoms with E-state index in [2.05, 4.69) is 13.2 Å². The molecule has 0 fully saturated rings. The van der Waals surface area contributed by atoms with E-state index in [0.717, 1.165) is 0 Å². The lowest BCUT2D eigenvalue weighted by Gasteiger charge is -1.81. The largest absolute Gasteiger partial charge is 0.366 e. The molecule has 66 valence electrons. The minimum atomic E-state index is -0.435. The first-order valence-corrected chi connectivity index (χ1v) is 2.82. The Balaban J connectivity index is -0.000000114. The number of rotatable bonds is 2. The third kappa shape index (κ3) is 27.0. The van der Waals surface area contributed by atoms with Crippen molar-refractivity contribution in [1.29, 1.82) is 0 Å². The summed E-state index contributed by atoms with van der Waals surface area (Å²) < 4.78 is 0. The first-order chi connectivity index (χ1) is 4.56. The minimum Gasteiger partial charge on any atom is -0.366 e. The number of amides is 1. The van der Waals surface area contributed by atoms with Crippen molar-refractivity contribution >= 4 is 18.3 Å². The molecule has 3 nitrogen and oxygen atoms in total. The maximum atomic E-state index is 9.82. The number of nitrogens with two attached hydrogens (primary N) is 2. The zero-order chi connectivity index (χ0) is 8.57. The van der Waals surface area contributed by atoms with Crippen LogP contribution in [0.5, 0.6) is 0 Å². The fourth-order valence-corrected chi connectivity index (χ4v) is 0. The molecule has 0 saturated carbocycles. The zero-order valence-corrected chi connectivity index (χ0v) is 7.49. The summed E-state index contributed by atoms with van der Waals surface area (Å²) in [6, 6.07) is 0. The van der Waals surface area contributed by atoms with Crippen LogP contribution in [0.1, 0.15) is 6.92 Å². The van der Waals surface area contributed by atoms with E-state index < -0.39 is 5.91 Å². The minimum absolute atomic E-state index is 0. The van der Waals surface area contributed by atoms with Crippen LogP contribution in [-0.2, 0) is 4.79 Å². The highest BCUT2D eigenvalue weighted by Crippen LogP contribution is 1.78. The number of primary amides is 1. The number of hydrogen-bond acceptors (Lipinski definition) is 2. The molecular formula is C7H15ClN2O. The number of carbonyl (C=O) groups excluding carboxylic acids is 1. The van der Waals surface area contributed by atoms with Crippen LogP contribution in [0.3, 0.4) is 0 Å². The normalized spacial score (nSPS) is 6.36. The number of hydrogen-bond donors (Lipinski definition) is 2. The molecule has 1 amide bonds. The molecule has 0 radical (unpaired) electrons. The van der Waals surface area contributed by atoms with Crippen molar-refractivity contribution < 1.29 is 4.79 Å². The molecule has 0 unspecified atom stereocenters. The average Bonchev–Trinajstić information content (AvgIpc) is 1.89. The summed E-state index contributed by atoms with van der Waals surface area (Å²) in [6.45, 7) is 8.79. The maximum Gasteiger partial charge on any atom is 0.243 e. The van der Waals surface area contributed by atoms with Crippen molar-refractivity contribution in [3.8, 4) is 0 Å². The topological polar surface area (TPSA) is 69.1 Å². The van der Waals surface area contributed by atoms with Gasteiger partial charge in [0.05, 0.1) is 0 Å². The van der Waals surface area contributed by atoms with E-state index in [1.165, 1.54) is 0 Å². The highest BCUT2D eigenvalue weighted by molar-refractivity contribution is 5.90. The molecule has 0 aromatic heterocycles. The molecule has 4 heteroatoms. The van der Waals surface area contributed by atoms with E-state index in [0.29, 0.717) is 12.1 Å². The second kappa shape index (κ2) is 11.9. The Bertz CT molecular complexity index is 122. The summed E-state index contributed by atoms with van der Waals surface area (Å²) in [5.74, 6) is -0.435. The lowest BCUT2D eigenvalue weighted by Crippen LogP contribution is -2.10. The van der Waals surface area contributed by atoms with Crippen molar-refractivity contribution in [2.24, 2.45) is 11.5 Å². The van der Waals surface area contributed by atoms with E-state index in [9.17, 15) is 4.79 Å². The Labute approximate surface area is 73.5 Å². The molecule has 0 aliphatic heterocycles. The van der Waals surface area contributed by atoms with Gasteiger partial charge < -0.3 is 11.5 Å². The van der Waals surface area contributed by atoms with Gasteiger partial charge in [-0.3, -0.25) is 4.79 Å². The van der Waals surface area contributed by atoms with Gasteiger partial charge in [0.1, 0.15) is 0 Å². The van der Waals surface area contributed by atoms with Crippen molar-refractivity contribution in [2.45, 2.75) is 6.92 Å². The van der Waals surface area contributed by atoms with E-state index in [4.69, 9.17) is 11.5 Å². The number of carbonyl (C=O) groups is 1. The van der Waals surface area contributed by atoms with Gasteiger partial charge in [-0.05, 0) is 6.92 Å². The molecule has 0 aliphatic carbocycles. The van der Waals surface area contributed by atoms with Gasteiger partial charge >= 0.3 is 0 Å². The molecule has 0 aliphatic rings. The summed E-state index contributed by atoms with van der Waals surface area (Å²) >= 11 is 0. The Hall–Kier alpha value is -0.800. The van der Waals surface area contributed by atoms with Gasteiger partial charge in [-0.25, -0.2) is 0 Å². The van der Waals surface area contributed by atoms with Crippen molar-refractivity contribution in [3.63, 3.8) is 0 Å². The van der Waals surface area contributed by atoms with Gasteiger partial charge in [-0.2, -0.15) is 0 Å². The van der Waals surface area contributed by atoms with Crippen molar-refractivity contribution in [3.05, 3.63) is 24.8 Å². The molecule has 0 aromatic carbocycles. The van der Waals surface area contributed by atoms with Crippen LogP contribution in [0, 0.1) is 0 Å². The van der Waals surface area contributed by atoms with Crippen molar-refractivity contribution in [1.82, 2.24) is 0 Å². The van der Waals surface area contributed by atoms with E-state index in [-0.39, 0.29) is 12.4 Å². The fourth-order valence-electron chi connectivity index (χ4n) is 0. The van der Waals surface area contributed by atoms with Gasteiger partial charge in [0, 0.05) is 12.1 Å². The zero-order valence-electron chi connectivity index (χ0n) is 6.67. The van der Waals surface area contributed by atoms with Gasteiger partial charge in [0.25, 0.3) is 0 Å². The van der Waals surface area contributed by atoms with Gasteiger partial charge in [-0.1, -0.05) is 12.7 Å². The summed E-state index contributed by atoms with van der Waals surface area (Å²) in [7, 11) is 0. The van der Waals surface area contributed by atoms with Crippen LogP contribution < -0.4 is 11.5 Å². The summed E-state index contributed by atoms with van der Waals surface area (Å²) in [5.41, 5.74) is 10.0. The monoisotopic (exact) mass is 178 g/mol. The van der Waals surface area contributed by atoms with Crippen LogP contribution in [0.15, 0.2) is 24.8 Å². The Morgan fingerprint density at radius 3 is 1.82 bits per heavy atom. The predicted molar refractivity (Wildman–Crippen MR) is 50.5 cm³/mol. The van der Waals surface area contributed by atoms with E-state index in [1.54, 1.807) is 13.0 Å². The summed E-state index contributed by atoms with van der Waals surface area (Å²) in [5, 5.41) is 0. The molecule has 0 aromatic rings. The molecule has 11 heavy (non-hydrogen) atoms. The smallest absolute Gasteiger partial charge is 0.243 e. The van der Waals surface area contributed by atoms with Crippen LogP contribution in [-0.4, -0.2) is 12.5 Å². The average molecular weight is 179 g/mol. The molecular weight excluding hydrogens is 164 g/mol. The first kappa shape index (κ1) is 16.7. The van der Waals surface area contributed by atoms with Crippen LogP contribution in [0.4, 0.5) is 0 Å². The fraction of sp³-hybridized carbons (Fsp3) is 0.286. The van der Waals surface area contributed by atoms with Crippen molar-refractivity contribution in [2.75, 3.05) is 6.54 Å². The van der Waals surface area contributed by atoms with Crippen LogP contribution >= 0.6 is 12.4 Å². The molecule has 0 rings (SSSR count). The van der Waals surface area contributed by atoms with E-state index in [1.807, 2.05) is 0 Å². The third-order valence-corrected chi connectivity index (χ3v) is 0.587. The van der Waals surface area contributed by atoms with Crippen LogP contribution in [0.25, 0.3) is 0 Å². The molecule has 0 atom stereocenters. The second-order valence-electron chi connectivity index (χ2n) is 1.67. The number of halogens is 1. The standard InChI is InChI=1S/C4H7NO.C3H7N.ClH/c1-3(2)4(5)6;1-2-3-4;/h1H2,2H3,(H2,5,6);2H,1,3-4H2;1H. The Kier molecular flexibility index (Phi) is 18.1. The van der Waals surface area contributed by atoms with Gasteiger partial charge in [0.15, 0.2) is 0 Å². The Morgan fingerprint density at radius 2 is 1.82 bits per heavy atom. The first-order valence-electron chi connectivity index (χ1n) is 2.82. The van der Waals surface area contributed by atoms with E-state index >= 15 is 0 Å². The lowest BCUT2D eigenvalue weighted by molar-refractivity contribution is -0.114. The summed E-state index contributed by atoms with van der Waals surface area (Å²) in [6.07, 6.45) is 1.65. The third-order valence-electron chi connectivity index (χ3n) is 0.587. The predicted octanol–water partition coefficient (Wildman–Crippen LogP) is 0.601. The highest BCUT2D eigenvalue weighted by Gasteiger charge is 1.86. The Morgan fingerprint density at radius 1 is 1.64 bits per heavy atom. The maximum absolute atomic E-state index is 9.82.